The molecule has 216 valence electrons. The number of fused-ring (bicyclic) bond motifs is 3. The monoisotopic (exact) mass is 557 g/mol. The van der Waals surface area contributed by atoms with Gasteiger partial charge in [-0.2, -0.15) is 0 Å². The Balaban J connectivity index is 1.57. The average molecular weight is 558 g/mol. The van der Waals surface area contributed by atoms with Gasteiger partial charge in [-0.3, -0.25) is 10.1 Å². The van der Waals surface area contributed by atoms with Crippen LogP contribution in [0, 0.1) is 11.8 Å². The molecular formula is C34H39NO6. The van der Waals surface area contributed by atoms with Gasteiger partial charge in [-0.25, -0.2) is 0 Å². The van der Waals surface area contributed by atoms with E-state index in [4.69, 9.17) is 14.2 Å². The summed E-state index contributed by atoms with van der Waals surface area (Å²) in [7, 11) is 3.09. The summed E-state index contributed by atoms with van der Waals surface area (Å²) in [4.78, 5) is 12.6. The van der Waals surface area contributed by atoms with Gasteiger partial charge in [0.15, 0.2) is 23.0 Å². The number of nitrogens with one attached hydrogen (secondary N) is 1. The van der Waals surface area contributed by atoms with Crippen LogP contribution >= 0.6 is 0 Å². The van der Waals surface area contributed by atoms with E-state index < -0.39 is 6.10 Å². The Morgan fingerprint density at radius 1 is 0.976 bits per heavy atom. The van der Waals surface area contributed by atoms with Crippen LogP contribution in [0.15, 0.2) is 54.6 Å². The van der Waals surface area contributed by atoms with E-state index in [1.54, 1.807) is 19.2 Å². The van der Waals surface area contributed by atoms with Crippen LogP contribution in [0.3, 0.4) is 0 Å². The molecule has 0 amide bonds. The van der Waals surface area contributed by atoms with Crippen molar-refractivity contribution in [1.82, 2.24) is 5.32 Å². The Hall–Kier alpha value is -3.99. The predicted molar refractivity (Wildman–Crippen MR) is 159 cm³/mol. The molecule has 0 aliphatic heterocycles. The highest BCUT2D eigenvalue weighted by Crippen LogP contribution is 2.35. The summed E-state index contributed by atoms with van der Waals surface area (Å²) in [6.07, 6.45) is 3.47. The normalized spacial score (nSPS) is 15.5. The number of phenolic OH excluding ortho intramolecular Hbond substituents is 1. The number of aryl methyl sites for hydroxylation is 3. The maximum absolute atomic E-state index is 12.6. The summed E-state index contributed by atoms with van der Waals surface area (Å²) in [5, 5.41) is 24.3. The van der Waals surface area contributed by atoms with Gasteiger partial charge in [0.25, 0.3) is 0 Å². The van der Waals surface area contributed by atoms with Gasteiger partial charge in [0.1, 0.15) is 12.5 Å². The molecule has 0 saturated heterocycles. The van der Waals surface area contributed by atoms with Crippen LogP contribution in [0.5, 0.6) is 23.0 Å². The Morgan fingerprint density at radius 2 is 1.80 bits per heavy atom. The van der Waals surface area contributed by atoms with Crippen molar-refractivity contribution in [3.63, 3.8) is 0 Å². The number of aliphatic hydroxyl groups excluding tert-OH is 1. The minimum absolute atomic E-state index is 0.00811. The number of Topliss-reactive ketones (excluding diaryl/α,β-unsaturated/α-hetero) is 1. The molecule has 3 aromatic rings. The first-order valence-electron chi connectivity index (χ1n) is 14.1. The van der Waals surface area contributed by atoms with Crippen LogP contribution in [0.25, 0.3) is 0 Å². The third kappa shape index (κ3) is 8.50. The van der Waals surface area contributed by atoms with Crippen LogP contribution < -0.4 is 19.5 Å². The van der Waals surface area contributed by atoms with E-state index in [1.165, 1.54) is 12.7 Å². The molecule has 0 spiro atoms. The zero-order chi connectivity index (χ0) is 29.0. The third-order valence-corrected chi connectivity index (χ3v) is 7.21. The van der Waals surface area contributed by atoms with Crippen molar-refractivity contribution in [3.8, 4) is 34.8 Å². The number of carbonyl (C=O) groups excluding carboxylic acids is 1. The summed E-state index contributed by atoms with van der Waals surface area (Å²) in [6.45, 7) is 1.12. The molecule has 2 bridgehead atoms. The summed E-state index contributed by atoms with van der Waals surface area (Å²) in [5.41, 5.74) is 4.51. The molecule has 1 atom stereocenters. The number of hydrogen-bond donors (Lipinski definition) is 3. The first-order chi connectivity index (χ1) is 20.0. The number of methoxy groups -OCH3 is 2. The number of hydrogen-bond acceptors (Lipinski definition) is 7. The first kappa shape index (κ1) is 30.0. The van der Waals surface area contributed by atoms with E-state index in [2.05, 4.69) is 41.4 Å². The molecule has 0 fully saturated rings. The second-order valence-corrected chi connectivity index (χ2v) is 10.2. The minimum atomic E-state index is -0.733. The molecule has 41 heavy (non-hydrogen) atoms. The molecule has 1 aliphatic carbocycles. The molecule has 1 unspecified atom stereocenters. The SMILES string of the molecule is COc1cc2cc(c1OCNCCCc1ccccc1)CC#Cc1c(ccc(O)c1OC)CCC(=O)CC(O)CC2. The molecule has 7 nitrogen and oxygen atoms in total. The number of aliphatic hydroxyl groups is 1. The molecule has 1 aliphatic rings. The second-order valence-electron chi connectivity index (χ2n) is 10.2. The Morgan fingerprint density at radius 3 is 2.59 bits per heavy atom. The Kier molecular flexibility index (Phi) is 11.1. The largest absolute Gasteiger partial charge is 0.504 e. The fourth-order valence-corrected chi connectivity index (χ4v) is 5.04. The number of phenols is 1. The van der Waals surface area contributed by atoms with Crippen molar-refractivity contribution in [2.75, 3.05) is 27.5 Å². The van der Waals surface area contributed by atoms with Crippen LogP contribution in [0.2, 0.25) is 0 Å². The maximum atomic E-state index is 12.6. The lowest BCUT2D eigenvalue weighted by Crippen LogP contribution is -2.22. The van der Waals surface area contributed by atoms with Crippen molar-refractivity contribution in [2.24, 2.45) is 0 Å². The Labute approximate surface area is 242 Å². The van der Waals surface area contributed by atoms with E-state index in [0.717, 1.165) is 36.1 Å². The van der Waals surface area contributed by atoms with Gasteiger partial charge in [-0.15, -0.1) is 0 Å². The molecule has 0 saturated carbocycles. The fourth-order valence-electron chi connectivity index (χ4n) is 5.04. The molecule has 0 radical (unpaired) electrons. The number of rotatable bonds is 9. The van der Waals surface area contributed by atoms with Crippen molar-refractivity contribution in [3.05, 3.63) is 82.4 Å². The molecule has 4 rings (SSSR count). The van der Waals surface area contributed by atoms with Gasteiger partial charge in [-0.1, -0.05) is 54.3 Å². The lowest BCUT2D eigenvalue weighted by Gasteiger charge is -2.17. The quantitative estimate of drug-likeness (QED) is 0.198. The number of carbonyl (C=O) groups is 1. The summed E-state index contributed by atoms with van der Waals surface area (Å²) in [6, 6.07) is 17.7. The van der Waals surface area contributed by atoms with E-state index >= 15 is 0 Å². The number of benzene rings is 3. The van der Waals surface area contributed by atoms with Crippen LogP contribution in [0.4, 0.5) is 0 Å². The predicted octanol–water partition coefficient (Wildman–Crippen LogP) is 4.76. The van der Waals surface area contributed by atoms with E-state index in [9.17, 15) is 15.0 Å². The lowest BCUT2D eigenvalue weighted by atomic mass is 9.97. The maximum Gasteiger partial charge on any atom is 0.176 e. The van der Waals surface area contributed by atoms with Crippen LogP contribution in [-0.4, -0.2) is 49.6 Å². The summed E-state index contributed by atoms with van der Waals surface area (Å²) in [5.74, 6) is 7.88. The minimum Gasteiger partial charge on any atom is -0.504 e. The van der Waals surface area contributed by atoms with Crippen molar-refractivity contribution in [2.45, 2.75) is 57.5 Å². The molecule has 3 N–H and O–H groups in total. The van der Waals surface area contributed by atoms with Crippen molar-refractivity contribution in [1.29, 1.82) is 0 Å². The smallest absolute Gasteiger partial charge is 0.176 e. The van der Waals surface area contributed by atoms with E-state index in [1.807, 2.05) is 18.2 Å². The molecule has 7 heteroatoms. The topological polar surface area (TPSA) is 97.3 Å². The summed E-state index contributed by atoms with van der Waals surface area (Å²) >= 11 is 0. The number of aromatic hydroxyl groups is 1. The van der Waals surface area contributed by atoms with Gasteiger partial charge in [0, 0.05) is 24.8 Å². The highest BCUT2D eigenvalue weighted by molar-refractivity contribution is 5.79. The van der Waals surface area contributed by atoms with Gasteiger partial charge < -0.3 is 24.4 Å². The highest BCUT2D eigenvalue weighted by atomic mass is 16.5. The molecule has 0 heterocycles. The fraction of sp³-hybridized carbons (Fsp3) is 0.382. The lowest BCUT2D eigenvalue weighted by molar-refractivity contribution is -0.121. The zero-order valence-electron chi connectivity index (χ0n) is 23.9. The van der Waals surface area contributed by atoms with Gasteiger partial charge in [0.05, 0.1) is 25.9 Å². The summed E-state index contributed by atoms with van der Waals surface area (Å²) < 4.78 is 17.4. The second kappa shape index (κ2) is 15.1. The van der Waals surface area contributed by atoms with Gasteiger partial charge in [-0.05, 0) is 67.5 Å². The Bertz CT molecular complexity index is 1380. The van der Waals surface area contributed by atoms with Crippen LogP contribution in [-0.2, 0) is 30.5 Å². The third-order valence-electron chi connectivity index (χ3n) is 7.21. The van der Waals surface area contributed by atoms with Crippen molar-refractivity contribution < 1.29 is 29.2 Å². The van der Waals surface area contributed by atoms with E-state index in [-0.39, 0.29) is 30.1 Å². The number of ether oxygens (including phenoxy) is 3. The zero-order valence-corrected chi connectivity index (χ0v) is 23.9. The van der Waals surface area contributed by atoms with E-state index in [0.29, 0.717) is 49.5 Å². The molecule has 3 aromatic carbocycles. The van der Waals surface area contributed by atoms with Crippen molar-refractivity contribution >= 4 is 5.78 Å². The van der Waals surface area contributed by atoms with Gasteiger partial charge >= 0.3 is 0 Å². The standard InChI is InChI=1S/C34H39NO6/c1-39-32-21-25-13-16-28(36)22-29(37)17-14-26-15-18-31(38)34(40-2)30(26)12-6-11-27(20-25)33(32)41-23-35-19-7-10-24-8-4-3-5-9-24/h3-5,8-9,15,18,20-21,28,35-36,38H,7,10-11,13-14,16-17,19,22-23H2,1-2H3. The van der Waals surface area contributed by atoms with Crippen LogP contribution in [0.1, 0.15) is 53.5 Å². The molecular weight excluding hydrogens is 518 g/mol. The number of ketones is 1. The highest BCUT2D eigenvalue weighted by Gasteiger charge is 2.18. The van der Waals surface area contributed by atoms with Gasteiger partial charge in [0.2, 0.25) is 0 Å². The molecule has 0 aromatic heterocycles. The first-order valence-corrected chi connectivity index (χ1v) is 14.1. The average Bonchev–Trinajstić information content (AvgIpc) is 2.98.